The van der Waals surface area contributed by atoms with Crippen molar-refractivity contribution in [2.24, 2.45) is 0 Å². The number of likely N-dealkylation sites (N-methyl/N-ethyl adjacent to an activating group) is 1. The van der Waals surface area contributed by atoms with E-state index in [-0.39, 0.29) is 17.4 Å². The molecule has 2 aromatic rings. The first-order chi connectivity index (χ1) is 11.9. The van der Waals surface area contributed by atoms with E-state index >= 15 is 0 Å². The molecule has 25 heavy (non-hydrogen) atoms. The number of carbonyl (C=O) groups excluding carboxylic acids is 1. The summed E-state index contributed by atoms with van der Waals surface area (Å²) >= 11 is 0. The molecule has 1 aliphatic carbocycles. The molecule has 0 unspecified atom stereocenters. The van der Waals surface area contributed by atoms with E-state index in [0.717, 1.165) is 30.9 Å². The number of hydrogen-bond donors (Lipinski definition) is 0. The van der Waals surface area contributed by atoms with Crippen LogP contribution >= 0.6 is 0 Å². The van der Waals surface area contributed by atoms with Crippen molar-refractivity contribution in [3.05, 3.63) is 59.2 Å². The molecule has 0 N–H and O–H groups in total. The maximum Gasteiger partial charge on any atom is 0.222 e. The van der Waals surface area contributed by atoms with Gasteiger partial charge < -0.3 is 4.90 Å². The predicted octanol–water partition coefficient (Wildman–Crippen LogP) is 4.46. The number of piperidine rings is 1. The number of hydrogen-bond acceptors (Lipinski definition) is 1. The van der Waals surface area contributed by atoms with Gasteiger partial charge in [0.2, 0.25) is 5.91 Å². The summed E-state index contributed by atoms with van der Waals surface area (Å²) in [7, 11) is 1.90. The highest BCUT2D eigenvalue weighted by Crippen LogP contribution is 2.46. The zero-order chi connectivity index (χ0) is 17.8. The van der Waals surface area contributed by atoms with Gasteiger partial charge in [0.05, 0.1) is 0 Å². The van der Waals surface area contributed by atoms with Crippen molar-refractivity contribution >= 4 is 5.91 Å². The molecular formula is C21H21F2NO. The Labute approximate surface area is 146 Å². The van der Waals surface area contributed by atoms with Crippen LogP contribution in [0.3, 0.4) is 0 Å². The minimum atomic E-state index is -0.563. The van der Waals surface area contributed by atoms with Gasteiger partial charge in [-0.15, -0.1) is 0 Å². The monoisotopic (exact) mass is 341 g/mol. The van der Waals surface area contributed by atoms with Crippen LogP contribution in [0.2, 0.25) is 0 Å². The topological polar surface area (TPSA) is 20.3 Å². The predicted molar refractivity (Wildman–Crippen MR) is 93.3 cm³/mol. The minimum Gasteiger partial charge on any atom is -0.342 e. The molecule has 0 spiro atoms. The Morgan fingerprint density at radius 2 is 1.76 bits per heavy atom. The molecule has 1 fully saturated rings. The first-order valence-corrected chi connectivity index (χ1v) is 8.74. The number of halogens is 2. The lowest BCUT2D eigenvalue weighted by atomic mass is 9.63. The number of likely N-dealkylation sites (tertiary alicyclic amines) is 1. The van der Waals surface area contributed by atoms with Gasteiger partial charge in [-0.1, -0.05) is 25.1 Å². The summed E-state index contributed by atoms with van der Waals surface area (Å²) in [5.74, 6) is -0.905. The highest BCUT2D eigenvalue weighted by atomic mass is 19.1. The van der Waals surface area contributed by atoms with E-state index in [0.29, 0.717) is 12.0 Å². The SMILES string of the molecule is CN1C(=O)CC[C@]2(C)c3ccc(-c4cc(F)cc(F)c4)cc3CC[C@@H]12. The number of fused-ring (bicyclic) bond motifs is 3. The summed E-state index contributed by atoms with van der Waals surface area (Å²) in [6.07, 6.45) is 3.22. The van der Waals surface area contributed by atoms with Gasteiger partial charge in [-0.25, -0.2) is 8.78 Å². The average Bonchev–Trinajstić information content (AvgIpc) is 2.57. The number of carbonyl (C=O) groups is 1. The molecule has 1 saturated heterocycles. The van der Waals surface area contributed by atoms with Gasteiger partial charge >= 0.3 is 0 Å². The summed E-state index contributed by atoms with van der Waals surface area (Å²) in [5.41, 5.74) is 3.83. The molecule has 4 heteroatoms. The molecule has 0 bridgehead atoms. The second kappa shape index (κ2) is 5.65. The van der Waals surface area contributed by atoms with E-state index < -0.39 is 11.6 Å². The summed E-state index contributed by atoms with van der Waals surface area (Å²) < 4.78 is 27.1. The Kier molecular flexibility index (Phi) is 3.67. The van der Waals surface area contributed by atoms with Crippen LogP contribution in [-0.4, -0.2) is 23.9 Å². The lowest BCUT2D eigenvalue weighted by molar-refractivity contribution is -0.138. The standard InChI is InChI=1S/C21H21F2NO/c1-21-8-7-20(25)24(2)19(21)6-4-14-9-13(3-5-18(14)21)15-10-16(22)12-17(23)11-15/h3,5,9-12,19H,4,6-8H2,1-2H3/t19-,21-/m1/s1. The van der Waals surface area contributed by atoms with E-state index in [1.807, 2.05) is 18.0 Å². The van der Waals surface area contributed by atoms with E-state index in [4.69, 9.17) is 0 Å². The zero-order valence-corrected chi connectivity index (χ0v) is 14.5. The molecule has 1 heterocycles. The Morgan fingerprint density at radius 3 is 2.48 bits per heavy atom. The fraction of sp³-hybridized carbons (Fsp3) is 0.381. The smallest absolute Gasteiger partial charge is 0.222 e. The van der Waals surface area contributed by atoms with Gasteiger partial charge in [0.15, 0.2) is 0 Å². The molecule has 2 atom stereocenters. The molecule has 4 rings (SSSR count). The van der Waals surface area contributed by atoms with Gasteiger partial charge in [0.25, 0.3) is 0 Å². The minimum absolute atomic E-state index is 0.0536. The molecule has 1 aliphatic heterocycles. The fourth-order valence-corrected chi connectivity index (χ4v) is 4.69. The van der Waals surface area contributed by atoms with Crippen molar-refractivity contribution in [1.29, 1.82) is 0 Å². The third-order valence-corrected chi connectivity index (χ3v) is 6.06. The molecule has 2 aromatic carbocycles. The third kappa shape index (κ3) is 2.55. The Hall–Kier alpha value is -2.23. The van der Waals surface area contributed by atoms with Crippen molar-refractivity contribution in [2.75, 3.05) is 7.05 Å². The van der Waals surface area contributed by atoms with Crippen molar-refractivity contribution in [1.82, 2.24) is 4.90 Å². The number of rotatable bonds is 1. The maximum atomic E-state index is 13.5. The highest BCUT2D eigenvalue weighted by molar-refractivity contribution is 5.78. The van der Waals surface area contributed by atoms with E-state index in [1.54, 1.807) is 0 Å². The number of nitrogens with zero attached hydrogens (tertiary/aromatic N) is 1. The highest BCUT2D eigenvalue weighted by Gasteiger charge is 2.46. The van der Waals surface area contributed by atoms with Crippen LogP contribution in [0.5, 0.6) is 0 Å². The summed E-state index contributed by atoms with van der Waals surface area (Å²) in [5, 5.41) is 0. The average molecular weight is 341 g/mol. The van der Waals surface area contributed by atoms with Crippen LogP contribution in [0.15, 0.2) is 36.4 Å². The van der Waals surface area contributed by atoms with Crippen LogP contribution in [0, 0.1) is 11.6 Å². The van der Waals surface area contributed by atoms with Crippen LogP contribution in [0.4, 0.5) is 8.78 Å². The summed E-state index contributed by atoms with van der Waals surface area (Å²) in [6, 6.07) is 9.93. The van der Waals surface area contributed by atoms with Crippen molar-refractivity contribution in [3.63, 3.8) is 0 Å². The summed E-state index contributed by atoms with van der Waals surface area (Å²) in [6.45, 7) is 2.24. The Morgan fingerprint density at radius 1 is 1.04 bits per heavy atom. The first-order valence-electron chi connectivity index (χ1n) is 8.74. The molecule has 2 nitrogen and oxygen atoms in total. The maximum absolute atomic E-state index is 13.5. The second-order valence-electron chi connectivity index (χ2n) is 7.51. The van der Waals surface area contributed by atoms with Gasteiger partial charge in [0.1, 0.15) is 11.6 Å². The first kappa shape index (κ1) is 16.2. The van der Waals surface area contributed by atoms with Crippen LogP contribution in [0.1, 0.15) is 37.3 Å². The molecule has 0 aromatic heterocycles. The van der Waals surface area contributed by atoms with Crippen LogP contribution < -0.4 is 0 Å². The molecule has 0 saturated carbocycles. The van der Waals surface area contributed by atoms with Gasteiger partial charge in [-0.3, -0.25) is 4.79 Å². The molecule has 2 aliphatic rings. The lowest BCUT2D eigenvalue weighted by Crippen LogP contribution is -2.56. The van der Waals surface area contributed by atoms with E-state index in [2.05, 4.69) is 19.1 Å². The normalized spacial score (nSPS) is 25.5. The number of benzene rings is 2. The van der Waals surface area contributed by atoms with Crippen molar-refractivity contribution in [3.8, 4) is 11.1 Å². The molecular weight excluding hydrogens is 320 g/mol. The zero-order valence-electron chi connectivity index (χ0n) is 14.5. The van der Waals surface area contributed by atoms with Crippen molar-refractivity contribution in [2.45, 2.75) is 44.1 Å². The summed E-state index contributed by atoms with van der Waals surface area (Å²) in [4.78, 5) is 14.0. The fourth-order valence-electron chi connectivity index (χ4n) is 4.69. The lowest BCUT2D eigenvalue weighted by Gasteiger charge is -2.50. The van der Waals surface area contributed by atoms with Gasteiger partial charge in [0, 0.05) is 31.0 Å². The van der Waals surface area contributed by atoms with Crippen LogP contribution in [0.25, 0.3) is 11.1 Å². The molecule has 1 amide bonds. The number of aryl methyl sites for hydroxylation is 1. The third-order valence-electron chi connectivity index (χ3n) is 6.06. The van der Waals surface area contributed by atoms with Gasteiger partial charge in [-0.2, -0.15) is 0 Å². The quantitative estimate of drug-likeness (QED) is 0.750. The molecule has 0 radical (unpaired) electrons. The van der Waals surface area contributed by atoms with Gasteiger partial charge in [-0.05, 0) is 53.6 Å². The van der Waals surface area contributed by atoms with Crippen molar-refractivity contribution < 1.29 is 13.6 Å². The Balaban J connectivity index is 1.77. The van der Waals surface area contributed by atoms with Crippen LogP contribution in [-0.2, 0) is 16.6 Å². The van der Waals surface area contributed by atoms with E-state index in [1.165, 1.54) is 23.3 Å². The Bertz CT molecular complexity index is 843. The number of amides is 1. The largest absolute Gasteiger partial charge is 0.342 e. The van der Waals surface area contributed by atoms with E-state index in [9.17, 15) is 13.6 Å². The second-order valence-corrected chi connectivity index (χ2v) is 7.51. The molecule has 130 valence electrons.